The average Bonchev–Trinajstić information content (AvgIpc) is 2.49. The normalized spacial score (nSPS) is 27.0. The summed E-state index contributed by atoms with van der Waals surface area (Å²) < 4.78 is 0.750. The van der Waals surface area contributed by atoms with Crippen molar-refractivity contribution in [1.82, 2.24) is 9.38 Å². The number of likely N-dealkylation sites (N-methyl/N-ethyl adjacent to an activating group) is 1. The van der Waals surface area contributed by atoms with Crippen molar-refractivity contribution in [1.29, 1.82) is 0 Å². The molecule has 2 heterocycles. The first-order valence-corrected chi connectivity index (χ1v) is 7.24. The maximum Gasteiger partial charge on any atom is 0.181 e. The largest absolute Gasteiger partial charge is 0.369 e. The Morgan fingerprint density at radius 2 is 1.75 bits per heavy atom. The number of quaternary nitrogens is 1. The van der Waals surface area contributed by atoms with Crippen molar-refractivity contribution in [2.45, 2.75) is 0 Å². The third kappa shape index (κ3) is 2.62. The van der Waals surface area contributed by atoms with Crippen LogP contribution in [0.4, 0.5) is 11.4 Å². The molecule has 1 atom stereocenters. The summed E-state index contributed by atoms with van der Waals surface area (Å²) in [6, 6.07) is 8.96. The van der Waals surface area contributed by atoms with Gasteiger partial charge in [0.25, 0.3) is 0 Å². The fourth-order valence-corrected chi connectivity index (χ4v) is 2.79. The molecule has 1 aromatic carbocycles. The number of rotatable bonds is 2. The highest BCUT2D eigenvalue weighted by molar-refractivity contribution is 5.73. The van der Waals surface area contributed by atoms with Gasteiger partial charge in [-0.1, -0.05) is 0 Å². The number of hydrogen-bond donors (Lipinski definition) is 0. The smallest absolute Gasteiger partial charge is 0.181 e. The lowest BCUT2D eigenvalue weighted by molar-refractivity contribution is 0.313. The van der Waals surface area contributed by atoms with Crippen molar-refractivity contribution in [2.75, 3.05) is 51.8 Å². The molecule has 0 aromatic heterocycles. The lowest BCUT2D eigenvalue weighted by Gasteiger charge is -2.34. The van der Waals surface area contributed by atoms with Crippen molar-refractivity contribution in [3.05, 3.63) is 36.5 Å². The molecular weight excluding hydrogens is 248 g/mol. The average molecular weight is 271 g/mol. The zero-order valence-electron chi connectivity index (χ0n) is 12.4. The van der Waals surface area contributed by atoms with Gasteiger partial charge in [0.2, 0.25) is 0 Å². The van der Waals surface area contributed by atoms with Crippen LogP contribution in [-0.2, 0) is 0 Å². The quantitative estimate of drug-likeness (QED) is 0.766. The van der Waals surface area contributed by atoms with Gasteiger partial charge < -0.3 is 9.80 Å². The molecule has 1 aromatic rings. The molecule has 0 aliphatic carbocycles. The van der Waals surface area contributed by atoms with Gasteiger partial charge in [-0.2, -0.15) is 0 Å². The van der Waals surface area contributed by atoms with E-state index in [2.05, 4.69) is 59.4 Å². The lowest BCUT2D eigenvalue weighted by atomic mass is 10.2. The number of aliphatic imine (C=N–C) groups is 1. The zero-order chi connectivity index (χ0) is 14.0. The summed E-state index contributed by atoms with van der Waals surface area (Å²) in [5.41, 5.74) is 2.62. The Morgan fingerprint density at radius 1 is 1.05 bits per heavy atom. The summed E-state index contributed by atoms with van der Waals surface area (Å²) in [4.78, 5) is 9.22. The van der Waals surface area contributed by atoms with Gasteiger partial charge in [-0.05, 0) is 19.2 Å². The summed E-state index contributed by atoms with van der Waals surface area (Å²) >= 11 is 0. The highest BCUT2D eigenvalue weighted by atomic mass is 15.4. The Morgan fingerprint density at radius 3 is 2.35 bits per heavy atom. The minimum Gasteiger partial charge on any atom is -0.369 e. The van der Waals surface area contributed by atoms with Crippen LogP contribution in [-0.4, -0.2) is 58.1 Å². The molecule has 20 heavy (non-hydrogen) atoms. The third-order valence-electron chi connectivity index (χ3n) is 4.29. The maximum atomic E-state index is 4.37. The minimum absolute atomic E-state index is 0.750. The number of hydrogen-bond acceptors (Lipinski definition) is 3. The predicted octanol–water partition coefficient (Wildman–Crippen LogP) is 1.93. The van der Waals surface area contributed by atoms with Crippen LogP contribution < -0.4 is 9.38 Å². The summed E-state index contributed by atoms with van der Waals surface area (Å²) in [5, 5.41) is 0. The number of nitrogens with zero attached hydrogens (tertiary/aromatic N) is 4. The van der Waals surface area contributed by atoms with E-state index in [-0.39, 0.29) is 0 Å². The first kappa shape index (κ1) is 13.3. The van der Waals surface area contributed by atoms with E-state index < -0.39 is 0 Å². The molecule has 1 unspecified atom stereocenters. The van der Waals surface area contributed by atoms with Crippen LogP contribution in [0.2, 0.25) is 0 Å². The zero-order valence-corrected chi connectivity index (χ0v) is 12.4. The van der Waals surface area contributed by atoms with Gasteiger partial charge in [0.15, 0.2) is 6.67 Å². The van der Waals surface area contributed by atoms with Gasteiger partial charge in [-0.15, -0.1) is 0 Å². The predicted molar refractivity (Wildman–Crippen MR) is 86.4 cm³/mol. The molecule has 3 rings (SSSR count). The Balaban J connectivity index is 1.75. The van der Waals surface area contributed by atoms with E-state index in [4.69, 9.17) is 0 Å². The van der Waals surface area contributed by atoms with Gasteiger partial charge in [-0.25, -0.2) is 9.48 Å². The molecule has 4 heteroatoms. The van der Waals surface area contributed by atoms with Crippen molar-refractivity contribution >= 4 is 17.6 Å². The van der Waals surface area contributed by atoms with E-state index >= 15 is 0 Å². The van der Waals surface area contributed by atoms with Crippen LogP contribution in [0.1, 0.15) is 0 Å². The summed E-state index contributed by atoms with van der Waals surface area (Å²) in [5.74, 6) is 0. The number of benzene rings is 1. The second-order valence-corrected chi connectivity index (χ2v) is 5.89. The second-order valence-electron chi connectivity index (χ2n) is 5.89. The molecule has 0 bridgehead atoms. The van der Waals surface area contributed by atoms with E-state index in [1.54, 1.807) is 0 Å². The molecule has 2 aliphatic heterocycles. The molecule has 106 valence electrons. The lowest BCUT2D eigenvalue weighted by Crippen LogP contribution is -2.44. The Kier molecular flexibility index (Phi) is 3.59. The van der Waals surface area contributed by atoms with Gasteiger partial charge in [0, 0.05) is 56.3 Å². The molecule has 0 N–H and O–H groups in total. The number of piperazine rings is 1. The third-order valence-corrected chi connectivity index (χ3v) is 4.29. The van der Waals surface area contributed by atoms with Gasteiger partial charge in [0.05, 0.1) is 7.05 Å². The summed E-state index contributed by atoms with van der Waals surface area (Å²) in [6.07, 6.45) is 6.09. The summed E-state index contributed by atoms with van der Waals surface area (Å²) in [6.45, 7) is 5.31. The Bertz CT molecular complexity index is 512. The van der Waals surface area contributed by atoms with Crippen molar-refractivity contribution < 1.29 is 0 Å². The van der Waals surface area contributed by atoms with Crippen molar-refractivity contribution in [3.8, 4) is 0 Å². The van der Waals surface area contributed by atoms with Crippen LogP contribution in [0.25, 0.3) is 0 Å². The van der Waals surface area contributed by atoms with E-state index in [0.29, 0.717) is 0 Å². The highest BCUT2D eigenvalue weighted by Gasteiger charge is 2.23. The molecule has 0 saturated carbocycles. The standard InChI is InChI=1S/C16H23N4/c1-18-9-11-19(12-10-18)15-4-6-16(7-5-15)20(2)13-3-8-17-14-20/h3-8,13H,9-12,14H2,1-2H3/q+1. The van der Waals surface area contributed by atoms with Crippen LogP contribution in [0.3, 0.4) is 0 Å². The molecule has 0 amide bonds. The topological polar surface area (TPSA) is 18.8 Å². The van der Waals surface area contributed by atoms with Crippen LogP contribution in [0, 0.1) is 0 Å². The second kappa shape index (κ2) is 5.38. The van der Waals surface area contributed by atoms with Crippen molar-refractivity contribution in [3.63, 3.8) is 0 Å². The molecule has 2 aliphatic rings. The van der Waals surface area contributed by atoms with E-state index in [9.17, 15) is 0 Å². The maximum absolute atomic E-state index is 4.37. The Labute approximate surface area is 121 Å². The Hall–Kier alpha value is -1.65. The van der Waals surface area contributed by atoms with E-state index in [0.717, 1.165) is 37.3 Å². The first-order valence-electron chi connectivity index (χ1n) is 7.24. The molecule has 0 radical (unpaired) electrons. The van der Waals surface area contributed by atoms with Gasteiger partial charge >= 0.3 is 0 Å². The van der Waals surface area contributed by atoms with Crippen LogP contribution in [0.15, 0.2) is 41.5 Å². The first-order chi connectivity index (χ1) is 9.67. The number of anilines is 1. The molecular formula is C16H23N4+. The van der Waals surface area contributed by atoms with Gasteiger partial charge in [0.1, 0.15) is 11.9 Å². The van der Waals surface area contributed by atoms with Crippen molar-refractivity contribution in [2.24, 2.45) is 4.99 Å². The molecule has 0 spiro atoms. The summed E-state index contributed by atoms with van der Waals surface area (Å²) in [7, 11) is 4.38. The van der Waals surface area contributed by atoms with Gasteiger partial charge in [-0.3, -0.25) is 0 Å². The monoisotopic (exact) mass is 271 g/mol. The van der Waals surface area contributed by atoms with E-state index in [1.165, 1.54) is 11.4 Å². The highest BCUT2D eigenvalue weighted by Crippen LogP contribution is 2.26. The minimum atomic E-state index is 0.750. The molecule has 1 fully saturated rings. The van der Waals surface area contributed by atoms with Crippen LogP contribution in [0.5, 0.6) is 0 Å². The van der Waals surface area contributed by atoms with Crippen LogP contribution >= 0.6 is 0 Å². The molecule has 4 nitrogen and oxygen atoms in total. The van der Waals surface area contributed by atoms with E-state index in [1.807, 2.05) is 12.3 Å². The SMILES string of the molecule is CN1CCN(c2ccc([N+]3(C)C=CC=NC3)cc2)CC1. The molecule has 1 saturated heterocycles. The fourth-order valence-electron chi connectivity index (χ4n) is 2.79. The fraction of sp³-hybridized carbons (Fsp3) is 0.438. The number of allylic oxidation sites excluding steroid dienone is 1.